The zero-order valence-corrected chi connectivity index (χ0v) is 19.9. The summed E-state index contributed by atoms with van der Waals surface area (Å²) in [6.45, 7) is 2.40. The van der Waals surface area contributed by atoms with Gasteiger partial charge in [0.05, 0.1) is 23.1 Å². The number of fused-ring (bicyclic) bond motifs is 2. The Labute approximate surface area is 204 Å². The van der Waals surface area contributed by atoms with E-state index in [9.17, 15) is 5.11 Å². The number of nitrogen functional groups attached to an aromatic ring is 1. The van der Waals surface area contributed by atoms with Crippen LogP contribution in [0.1, 0.15) is 43.0 Å². The monoisotopic (exact) mass is 463 g/mol. The van der Waals surface area contributed by atoms with Crippen molar-refractivity contribution in [3.8, 4) is 22.5 Å². The van der Waals surface area contributed by atoms with E-state index in [1.165, 1.54) is 5.56 Å². The molecule has 3 N–H and O–H groups in total. The first-order valence-corrected chi connectivity index (χ1v) is 12.3. The maximum Gasteiger partial charge on any atom is 0.150 e. The van der Waals surface area contributed by atoms with Crippen LogP contribution in [-0.2, 0) is 0 Å². The fourth-order valence-electron chi connectivity index (χ4n) is 5.40. The van der Waals surface area contributed by atoms with E-state index >= 15 is 0 Å². The molecule has 0 radical (unpaired) electrons. The van der Waals surface area contributed by atoms with Crippen LogP contribution in [0.2, 0.25) is 0 Å². The normalized spacial score (nSPS) is 18.3. The second-order valence-corrected chi connectivity index (χ2v) is 9.71. The zero-order chi connectivity index (χ0) is 23.9. The van der Waals surface area contributed by atoms with E-state index in [4.69, 9.17) is 20.7 Å². The summed E-state index contributed by atoms with van der Waals surface area (Å²) in [5.41, 5.74) is 13.2. The third-order valence-electron chi connectivity index (χ3n) is 7.43. The average Bonchev–Trinajstić information content (AvgIpc) is 3.33. The smallest absolute Gasteiger partial charge is 0.150 e. The van der Waals surface area contributed by atoms with Gasteiger partial charge in [-0.25, -0.2) is 15.0 Å². The van der Waals surface area contributed by atoms with Gasteiger partial charge in [0.2, 0.25) is 0 Å². The van der Waals surface area contributed by atoms with Gasteiger partial charge in [-0.1, -0.05) is 42.5 Å². The number of hydrogen-bond donors (Lipinski definition) is 2. The van der Waals surface area contributed by atoms with Crippen molar-refractivity contribution in [1.29, 1.82) is 0 Å². The minimum Gasteiger partial charge on any atom is -0.396 e. The van der Waals surface area contributed by atoms with Crippen molar-refractivity contribution >= 4 is 22.2 Å². The molecule has 176 valence electrons. The second-order valence-electron chi connectivity index (χ2n) is 9.71. The van der Waals surface area contributed by atoms with E-state index in [2.05, 4.69) is 53.9 Å². The van der Waals surface area contributed by atoms with Crippen molar-refractivity contribution in [2.45, 2.75) is 38.5 Å². The van der Waals surface area contributed by atoms with Crippen LogP contribution >= 0.6 is 0 Å². The van der Waals surface area contributed by atoms with Gasteiger partial charge in [-0.2, -0.15) is 0 Å². The molecule has 6 heteroatoms. The lowest BCUT2D eigenvalue weighted by Gasteiger charge is -2.26. The highest BCUT2D eigenvalue weighted by Crippen LogP contribution is 2.36. The third-order valence-corrected chi connectivity index (χ3v) is 7.43. The van der Waals surface area contributed by atoms with Crippen LogP contribution in [0.15, 0.2) is 67.0 Å². The molecule has 35 heavy (non-hydrogen) atoms. The number of rotatable bonds is 4. The predicted molar refractivity (Wildman–Crippen MR) is 140 cm³/mol. The largest absolute Gasteiger partial charge is 0.396 e. The summed E-state index contributed by atoms with van der Waals surface area (Å²) in [4.78, 5) is 14.4. The molecule has 6 nitrogen and oxygen atoms in total. The number of hydrogen-bond acceptors (Lipinski definition) is 5. The van der Waals surface area contributed by atoms with Crippen molar-refractivity contribution < 1.29 is 5.11 Å². The standard InChI is InChI=1S/C29H29N5O/c1-18-13-24(20-5-3-2-4-6-20)32-25-14-22(11-12-23(18)25)26-16-34-27(28(30)33-26)15-31-29(34)21-9-7-19(17-35)8-10-21/h2-6,11-16,19,21,35H,7-10,17H2,1H3,(H2,30,33)/t19-,21-. The molecule has 2 aromatic carbocycles. The SMILES string of the molecule is Cc1cc(-c2ccccc2)nc2cc(-c3cn4c(cnc4[C@H]4CC[C@H](CO)CC4)c(N)n3)ccc12. The summed E-state index contributed by atoms with van der Waals surface area (Å²) in [5.74, 6) is 2.29. The van der Waals surface area contributed by atoms with Gasteiger partial charge in [0.15, 0.2) is 0 Å². The topological polar surface area (TPSA) is 89.3 Å². The number of aliphatic hydroxyl groups is 1. The Bertz CT molecular complexity index is 1520. The number of nitrogens with two attached hydrogens (primary N) is 1. The minimum absolute atomic E-state index is 0.275. The molecule has 0 spiro atoms. The van der Waals surface area contributed by atoms with Crippen molar-refractivity contribution in [3.05, 3.63) is 78.4 Å². The van der Waals surface area contributed by atoms with E-state index in [1.807, 2.05) is 24.4 Å². The van der Waals surface area contributed by atoms with Gasteiger partial charge in [-0.3, -0.25) is 4.40 Å². The summed E-state index contributed by atoms with van der Waals surface area (Å²) < 4.78 is 2.12. The lowest BCUT2D eigenvalue weighted by atomic mass is 9.82. The zero-order valence-electron chi connectivity index (χ0n) is 19.9. The number of nitrogens with zero attached hydrogens (tertiary/aromatic N) is 4. The molecule has 5 aromatic rings. The molecule has 0 amide bonds. The molecule has 0 saturated heterocycles. The molecule has 1 saturated carbocycles. The fraction of sp³-hybridized carbons (Fsp3) is 0.276. The Balaban J connectivity index is 1.42. The van der Waals surface area contributed by atoms with Gasteiger partial charge in [0, 0.05) is 35.2 Å². The Morgan fingerprint density at radius 2 is 1.74 bits per heavy atom. The van der Waals surface area contributed by atoms with Crippen LogP contribution < -0.4 is 5.73 Å². The molecule has 1 aliphatic rings. The molecule has 0 aliphatic heterocycles. The van der Waals surface area contributed by atoms with E-state index in [-0.39, 0.29) is 6.61 Å². The first-order chi connectivity index (χ1) is 17.1. The van der Waals surface area contributed by atoms with E-state index in [0.717, 1.165) is 70.4 Å². The van der Waals surface area contributed by atoms with Crippen molar-refractivity contribution in [2.24, 2.45) is 5.92 Å². The van der Waals surface area contributed by atoms with E-state index in [0.29, 0.717) is 17.7 Å². The number of aryl methyl sites for hydroxylation is 1. The minimum atomic E-state index is 0.275. The quantitative estimate of drug-likeness (QED) is 0.353. The van der Waals surface area contributed by atoms with Crippen LogP contribution in [0.4, 0.5) is 5.82 Å². The summed E-state index contributed by atoms with van der Waals surface area (Å²) in [6.07, 6.45) is 8.01. The number of aliphatic hydroxyl groups excluding tert-OH is 1. The molecule has 0 bridgehead atoms. The summed E-state index contributed by atoms with van der Waals surface area (Å²) in [6, 6.07) is 18.7. The second kappa shape index (κ2) is 8.78. The van der Waals surface area contributed by atoms with Crippen LogP contribution in [0.25, 0.3) is 38.9 Å². The number of benzene rings is 2. The number of aromatic nitrogens is 4. The maximum atomic E-state index is 9.50. The first kappa shape index (κ1) is 21.7. The molecular weight excluding hydrogens is 434 g/mol. The molecule has 1 fully saturated rings. The Kier molecular flexibility index (Phi) is 5.46. The number of imidazole rings is 1. The summed E-state index contributed by atoms with van der Waals surface area (Å²) in [5, 5.41) is 10.6. The number of anilines is 1. The molecule has 3 heterocycles. The summed E-state index contributed by atoms with van der Waals surface area (Å²) >= 11 is 0. The van der Waals surface area contributed by atoms with E-state index < -0.39 is 0 Å². The highest BCUT2D eigenvalue weighted by Gasteiger charge is 2.25. The van der Waals surface area contributed by atoms with Crippen molar-refractivity contribution in [1.82, 2.24) is 19.4 Å². The van der Waals surface area contributed by atoms with Gasteiger partial charge in [-0.15, -0.1) is 0 Å². The number of pyridine rings is 1. The van der Waals surface area contributed by atoms with Crippen LogP contribution in [0.3, 0.4) is 0 Å². The lowest BCUT2D eigenvalue weighted by molar-refractivity contribution is 0.181. The van der Waals surface area contributed by atoms with E-state index in [1.54, 1.807) is 0 Å². The molecular formula is C29H29N5O. The molecule has 0 atom stereocenters. The van der Waals surface area contributed by atoms with Crippen LogP contribution in [-0.4, -0.2) is 31.1 Å². The van der Waals surface area contributed by atoms with Gasteiger partial charge in [0.25, 0.3) is 0 Å². The average molecular weight is 464 g/mol. The summed E-state index contributed by atoms with van der Waals surface area (Å²) in [7, 11) is 0. The molecule has 6 rings (SSSR count). The van der Waals surface area contributed by atoms with Crippen molar-refractivity contribution in [2.75, 3.05) is 12.3 Å². The third kappa shape index (κ3) is 3.94. The maximum absolute atomic E-state index is 9.50. The fourth-order valence-corrected chi connectivity index (χ4v) is 5.40. The van der Waals surface area contributed by atoms with Gasteiger partial charge < -0.3 is 10.8 Å². The highest BCUT2D eigenvalue weighted by molar-refractivity contribution is 5.88. The Morgan fingerprint density at radius 1 is 0.943 bits per heavy atom. The molecule has 3 aromatic heterocycles. The highest BCUT2D eigenvalue weighted by atomic mass is 16.3. The van der Waals surface area contributed by atoms with Crippen molar-refractivity contribution in [3.63, 3.8) is 0 Å². The van der Waals surface area contributed by atoms with Crippen LogP contribution in [0, 0.1) is 12.8 Å². The van der Waals surface area contributed by atoms with Gasteiger partial charge in [-0.05, 0) is 56.2 Å². The molecule has 0 unspecified atom stereocenters. The molecule has 1 aliphatic carbocycles. The Morgan fingerprint density at radius 3 is 2.51 bits per heavy atom. The van der Waals surface area contributed by atoms with Gasteiger partial charge >= 0.3 is 0 Å². The Hall–Kier alpha value is -3.77. The predicted octanol–water partition coefficient (Wildman–Crippen LogP) is 5.77. The first-order valence-electron chi connectivity index (χ1n) is 12.3. The lowest BCUT2D eigenvalue weighted by Crippen LogP contribution is -2.17. The van der Waals surface area contributed by atoms with Gasteiger partial charge in [0.1, 0.15) is 17.2 Å². The van der Waals surface area contributed by atoms with Crippen LogP contribution in [0.5, 0.6) is 0 Å².